The molecule has 5 aliphatic carbocycles. The van der Waals surface area contributed by atoms with Crippen LogP contribution in [0.5, 0.6) is 0 Å². The first-order chi connectivity index (χ1) is 20.5. The van der Waals surface area contributed by atoms with Crippen molar-refractivity contribution < 1.29 is 43.5 Å². The maximum Gasteiger partial charge on any atom is 0.303 e. The summed E-state index contributed by atoms with van der Waals surface area (Å²) in [6.45, 7) is 11.1. The van der Waals surface area contributed by atoms with Crippen LogP contribution in [0, 0.1) is 39.4 Å². The van der Waals surface area contributed by atoms with Crippen LogP contribution in [-0.4, -0.2) is 83.3 Å². The summed E-state index contributed by atoms with van der Waals surface area (Å²) in [6.07, 6.45) is 5.27. The number of aliphatic hydroxyl groups is 2. The van der Waals surface area contributed by atoms with E-state index < -0.39 is 47.1 Å². The normalized spacial score (nSPS) is 46.8. The first kappa shape index (κ1) is 32.5. The molecule has 1 saturated heterocycles. The van der Waals surface area contributed by atoms with E-state index in [2.05, 4.69) is 20.8 Å². The van der Waals surface area contributed by atoms with Gasteiger partial charge < -0.3 is 34.9 Å². The Labute approximate surface area is 261 Å². The predicted molar refractivity (Wildman–Crippen MR) is 159 cm³/mol. The van der Waals surface area contributed by atoms with Crippen LogP contribution in [0.3, 0.4) is 0 Å². The third-order valence-corrected chi connectivity index (χ3v) is 13.8. The molecule has 10 nitrogen and oxygen atoms in total. The maximum absolute atomic E-state index is 14.6. The number of Topliss-reactive ketones (excluding diaryl/α,β-unsaturated/α-hetero) is 1. The van der Waals surface area contributed by atoms with Gasteiger partial charge in [0.2, 0.25) is 6.29 Å². The highest BCUT2D eigenvalue weighted by Gasteiger charge is 2.85. The minimum atomic E-state index is -1.32. The van der Waals surface area contributed by atoms with Crippen molar-refractivity contribution >= 4 is 18.0 Å². The van der Waals surface area contributed by atoms with Crippen LogP contribution in [0.25, 0.3) is 0 Å². The Hall–Kier alpha value is -1.43. The number of carbonyl (C=O) groups is 3. The van der Waals surface area contributed by atoms with E-state index in [0.717, 1.165) is 51.4 Å². The summed E-state index contributed by atoms with van der Waals surface area (Å²) >= 11 is 0. The molecule has 6 rings (SSSR count). The molecule has 0 aromatic carbocycles. The smallest absolute Gasteiger partial charge is 0.303 e. The number of aliphatic hydroxyl groups excluding tert-OH is 1. The van der Waals surface area contributed by atoms with Crippen LogP contribution in [0.15, 0.2) is 0 Å². The van der Waals surface area contributed by atoms with Crippen molar-refractivity contribution in [2.24, 2.45) is 45.1 Å². The number of rotatable bonds is 9. The largest absolute Gasteiger partial charge is 0.457 e. The number of esters is 1. The molecule has 4 N–H and O–H groups in total. The fourth-order valence-electron chi connectivity index (χ4n) is 11.9. The minimum Gasteiger partial charge on any atom is -0.457 e. The average Bonchev–Trinajstić information content (AvgIpc) is 3.59. The van der Waals surface area contributed by atoms with Gasteiger partial charge in [-0.05, 0) is 111 Å². The molecule has 0 aromatic heterocycles. The quantitative estimate of drug-likeness (QED) is 0.199. The van der Waals surface area contributed by atoms with Gasteiger partial charge in [0.15, 0.2) is 18.2 Å². The van der Waals surface area contributed by atoms with E-state index in [-0.39, 0.29) is 53.2 Å². The molecule has 12 atom stereocenters. The highest BCUT2D eigenvalue weighted by atomic mass is 16.7. The molecule has 0 radical (unpaired) electrons. The molecule has 44 heavy (non-hydrogen) atoms. The fourth-order valence-corrected chi connectivity index (χ4v) is 11.9. The first-order valence-corrected chi connectivity index (χ1v) is 16.7. The second-order valence-corrected chi connectivity index (χ2v) is 16.4. The Morgan fingerprint density at radius 2 is 1.77 bits per heavy atom. The van der Waals surface area contributed by atoms with Crippen molar-refractivity contribution in [3.05, 3.63) is 0 Å². The minimum absolute atomic E-state index is 0.000211. The Kier molecular flexibility index (Phi) is 7.79. The molecule has 5 saturated carbocycles. The molecule has 0 aromatic rings. The second-order valence-electron chi connectivity index (χ2n) is 16.4. The molecule has 6 fully saturated rings. The van der Waals surface area contributed by atoms with Crippen LogP contribution in [-0.2, 0) is 33.3 Å². The number of hydrogen-bond donors (Lipinski definition) is 3. The summed E-state index contributed by atoms with van der Waals surface area (Å²) in [6, 6.07) is 0. The summed E-state index contributed by atoms with van der Waals surface area (Å²) in [5.41, 5.74) is 4.70. The van der Waals surface area contributed by atoms with Crippen molar-refractivity contribution in [3.63, 3.8) is 0 Å². The molecule has 1 heterocycles. The summed E-state index contributed by atoms with van der Waals surface area (Å²) in [5.74, 6) is -0.0775. The lowest BCUT2D eigenvalue weighted by atomic mass is 9.44. The van der Waals surface area contributed by atoms with Gasteiger partial charge >= 0.3 is 5.97 Å². The third kappa shape index (κ3) is 4.30. The predicted octanol–water partition coefficient (Wildman–Crippen LogP) is 3.07. The standard InChI is InChI=1S/C34H53NO9/c1-19(38)42-28(30(4,5)40)21-8-7-20-26(43-21)27(39)34(35)23-10-9-22-29(2,3)24(44-25(17-37)41-16-15-36)11-12-32(22)18-33(23,32)14-13-31(20,34)6/h17,20-26,28,36,40H,7-16,18,35H2,1-6H3/t20?,21-,22+,23-,24+,25?,26+,28+,31-,32-,33+,34+/m1/s1. The summed E-state index contributed by atoms with van der Waals surface area (Å²) in [7, 11) is 0. The molecule has 1 aliphatic heterocycles. The van der Waals surface area contributed by atoms with Gasteiger partial charge in [-0.3, -0.25) is 14.4 Å². The first-order valence-electron chi connectivity index (χ1n) is 16.7. The second kappa shape index (κ2) is 10.5. The zero-order valence-electron chi connectivity index (χ0n) is 27.3. The van der Waals surface area contributed by atoms with Crippen LogP contribution < -0.4 is 5.73 Å². The summed E-state index contributed by atoms with van der Waals surface area (Å²) < 4.78 is 23.8. The van der Waals surface area contributed by atoms with Crippen LogP contribution in [0.2, 0.25) is 0 Å². The Morgan fingerprint density at radius 3 is 2.41 bits per heavy atom. The lowest BCUT2D eigenvalue weighted by molar-refractivity contribution is -0.220. The van der Waals surface area contributed by atoms with Gasteiger partial charge in [0.1, 0.15) is 6.10 Å². The van der Waals surface area contributed by atoms with Crippen molar-refractivity contribution in [2.45, 2.75) is 141 Å². The molecule has 6 aliphatic rings. The van der Waals surface area contributed by atoms with E-state index in [4.69, 9.17) is 29.8 Å². The van der Waals surface area contributed by atoms with Gasteiger partial charge in [0.25, 0.3) is 0 Å². The van der Waals surface area contributed by atoms with Gasteiger partial charge in [-0.15, -0.1) is 0 Å². The topological polar surface area (TPSA) is 155 Å². The highest BCUT2D eigenvalue weighted by molar-refractivity contribution is 5.97. The molecule has 248 valence electrons. The van der Waals surface area contributed by atoms with Crippen molar-refractivity contribution in [3.8, 4) is 0 Å². The number of aldehydes is 1. The van der Waals surface area contributed by atoms with Gasteiger partial charge in [0, 0.05) is 6.92 Å². The molecule has 0 amide bonds. The van der Waals surface area contributed by atoms with Crippen LogP contribution in [0.1, 0.15) is 99.3 Å². The maximum atomic E-state index is 14.6. The fraction of sp³-hybridized carbons (Fsp3) is 0.912. The van der Waals surface area contributed by atoms with Crippen molar-refractivity contribution in [2.75, 3.05) is 13.2 Å². The lowest BCUT2D eigenvalue weighted by Crippen LogP contribution is -2.68. The molecule has 2 spiro atoms. The SMILES string of the molecule is CC(=O)O[C@@H]([C@H]1CCC2[C@H](O1)C(=O)[C@@]1(N)[C@@H]3CC[C@H]4C(C)(C)[C@@H](OC(C=O)OCCO)CC[C@@]45C[C@@]35CC[C@]21C)C(C)(C)O. The zero-order valence-corrected chi connectivity index (χ0v) is 27.3. The molecule has 2 unspecified atom stereocenters. The van der Waals surface area contributed by atoms with E-state index >= 15 is 0 Å². The van der Waals surface area contributed by atoms with Gasteiger partial charge in [0.05, 0.1) is 36.6 Å². The van der Waals surface area contributed by atoms with E-state index in [1.807, 2.05) is 0 Å². The number of nitrogens with two attached hydrogens (primary N) is 1. The summed E-state index contributed by atoms with van der Waals surface area (Å²) in [4.78, 5) is 38.2. The number of carbonyl (C=O) groups excluding carboxylic acids is 3. The van der Waals surface area contributed by atoms with E-state index in [1.54, 1.807) is 13.8 Å². The number of ketones is 1. The Bertz CT molecular complexity index is 1180. The van der Waals surface area contributed by atoms with Gasteiger partial charge in [-0.2, -0.15) is 0 Å². The van der Waals surface area contributed by atoms with Crippen molar-refractivity contribution in [1.29, 1.82) is 0 Å². The highest BCUT2D eigenvalue weighted by Crippen LogP contribution is 2.87. The van der Waals surface area contributed by atoms with Crippen LogP contribution in [0.4, 0.5) is 0 Å². The van der Waals surface area contributed by atoms with Crippen LogP contribution >= 0.6 is 0 Å². The van der Waals surface area contributed by atoms with E-state index in [0.29, 0.717) is 18.6 Å². The van der Waals surface area contributed by atoms with Gasteiger partial charge in [-0.1, -0.05) is 20.8 Å². The number of ether oxygens (including phenoxy) is 4. The van der Waals surface area contributed by atoms with Gasteiger partial charge in [-0.25, -0.2) is 0 Å². The van der Waals surface area contributed by atoms with E-state index in [9.17, 15) is 19.5 Å². The average molecular weight is 620 g/mol. The zero-order chi connectivity index (χ0) is 32.1. The lowest BCUT2D eigenvalue weighted by Gasteiger charge is -2.62. The molecule has 10 heteroatoms. The molecular formula is C34H53NO9. The monoisotopic (exact) mass is 619 g/mol. The molecular weight excluding hydrogens is 566 g/mol. The number of hydrogen-bond acceptors (Lipinski definition) is 10. The van der Waals surface area contributed by atoms with E-state index in [1.165, 1.54) is 6.92 Å². The number of fused-ring (bicyclic) bond motifs is 4. The molecule has 0 bridgehead atoms. The Balaban J connectivity index is 1.25. The van der Waals surface area contributed by atoms with Crippen molar-refractivity contribution in [1.82, 2.24) is 0 Å². The third-order valence-electron chi connectivity index (χ3n) is 13.8. The Morgan fingerprint density at radius 1 is 1.09 bits per heavy atom. The summed E-state index contributed by atoms with van der Waals surface area (Å²) in [5, 5.41) is 20.0.